The van der Waals surface area contributed by atoms with Gasteiger partial charge in [-0.1, -0.05) is 62.7 Å². The molecule has 3 amide bonds. The lowest BCUT2D eigenvalue weighted by atomic mass is 9.92. The Hall–Kier alpha value is -5.26. The smallest absolute Gasteiger partial charge is 0.324 e. The predicted octanol–water partition coefficient (Wildman–Crippen LogP) is 6.85. The first-order valence-corrected chi connectivity index (χ1v) is 15.3. The van der Waals surface area contributed by atoms with Gasteiger partial charge in [-0.2, -0.15) is 5.10 Å². The lowest BCUT2D eigenvalue weighted by Crippen LogP contribution is -2.21. The van der Waals surface area contributed by atoms with Crippen LogP contribution in [0, 0.1) is 6.92 Å². The topological polar surface area (TPSA) is 129 Å². The van der Waals surface area contributed by atoms with E-state index in [0.29, 0.717) is 36.2 Å². The van der Waals surface area contributed by atoms with Crippen LogP contribution in [0.4, 0.5) is 22.0 Å². The lowest BCUT2D eigenvalue weighted by Gasteiger charge is -2.15. The number of benzene rings is 3. The zero-order valence-corrected chi connectivity index (χ0v) is 27.3. The summed E-state index contributed by atoms with van der Waals surface area (Å²) >= 11 is 0. The molecule has 0 spiro atoms. The van der Waals surface area contributed by atoms with Gasteiger partial charge in [-0.3, -0.25) is 15.1 Å². The van der Waals surface area contributed by atoms with Crippen LogP contribution in [0.1, 0.15) is 37.6 Å². The maximum absolute atomic E-state index is 13.4. The number of pyridine rings is 1. The average Bonchev–Trinajstić information content (AvgIpc) is 3.48. The zero-order valence-electron chi connectivity index (χ0n) is 27.3. The highest BCUT2D eigenvalue weighted by atomic mass is 16.5. The van der Waals surface area contributed by atoms with Crippen LogP contribution < -0.4 is 20.7 Å². The van der Waals surface area contributed by atoms with Gasteiger partial charge in [0.1, 0.15) is 24.8 Å². The summed E-state index contributed by atoms with van der Waals surface area (Å²) in [5.74, 6) is 0.879. The molecule has 11 heteroatoms. The number of rotatable bonds is 12. The van der Waals surface area contributed by atoms with Gasteiger partial charge in [0.15, 0.2) is 0 Å². The molecule has 0 bridgehead atoms. The van der Waals surface area contributed by atoms with Crippen molar-refractivity contribution in [3.8, 4) is 11.4 Å². The number of urea groups is 1. The second kappa shape index (κ2) is 14.9. The van der Waals surface area contributed by atoms with E-state index in [1.807, 2.05) is 73.7 Å². The normalized spacial score (nSPS) is 11.3. The number of aryl methyl sites for hydroxylation is 1. The van der Waals surface area contributed by atoms with Crippen LogP contribution in [0.5, 0.6) is 5.75 Å². The van der Waals surface area contributed by atoms with Gasteiger partial charge in [0.25, 0.3) is 0 Å². The van der Waals surface area contributed by atoms with Crippen molar-refractivity contribution < 1.29 is 23.8 Å². The first kappa shape index (κ1) is 33.1. The third kappa shape index (κ3) is 8.51. The molecule has 0 saturated carbocycles. The molecule has 0 saturated heterocycles. The molecule has 47 heavy (non-hydrogen) atoms. The molecule has 0 fully saturated rings. The number of fused-ring (bicyclic) bond motifs is 1. The molecule has 3 aromatic carbocycles. The molecule has 2 heterocycles. The van der Waals surface area contributed by atoms with Gasteiger partial charge in [-0.15, -0.1) is 0 Å². The molecule has 5 aromatic rings. The molecule has 244 valence electrons. The maximum atomic E-state index is 13.4. The van der Waals surface area contributed by atoms with E-state index in [1.165, 1.54) is 0 Å². The highest BCUT2D eigenvalue weighted by Crippen LogP contribution is 2.33. The molecule has 0 radical (unpaired) electrons. The minimum Gasteiger partial charge on any atom is -0.488 e. The summed E-state index contributed by atoms with van der Waals surface area (Å²) in [6.45, 7) is 9.09. The van der Waals surface area contributed by atoms with Gasteiger partial charge in [-0.05, 0) is 37.3 Å². The van der Waals surface area contributed by atoms with Gasteiger partial charge >= 0.3 is 6.03 Å². The summed E-state index contributed by atoms with van der Waals surface area (Å²) in [6.07, 6.45) is 3.22. The highest BCUT2D eigenvalue weighted by Gasteiger charge is 2.22. The van der Waals surface area contributed by atoms with Crippen LogP contribution >= 0.6 is 0 Å². The van der Waals surface area contributed by atoms with E-state index in [4.69, 9.17) is 19.3 Å². The van der Waals surface area contributed by atoms with Gasteiger partial charge in [-0.25, -0.2) is 9.48 Å². The van der Waals surface area contributed by atoms with Crippen molar-refractivity contribution in [2.75, 3.05) is 42.9 Å². The number of nitrogens with one attached hydrogen (secondary N) is 3. The Balaban J connectivity index is 1.31. The average molecular weight is 637 g/mol. The molecule has 11 nitrogen and oxygen atoms in total. The number of nitrogens with zero attached hydrogens (tertiary/aromatic N) is 3. The van der Waals surface area contributed by atoms with Crippen molar-refractivity contribution in [1.82, 2.24) is 14.8 Å². The summed E-state index contributed by atoms with van der Waals surface area (Å²) < 4.78 is 18.2. The number of anilines is 3. The minimum absolute atomic E-state index is 0.0999. The quantitative estimate of drug-likeness (QED) is 0.128. The molecule has 2 aromatic heterocycles. The Morgan fingerprint density at radius 2 is 1.64 bits per heavy atom. The molecule has 0 aliphatic carbocycles. The fourth-order valence-electron chi connectivity index (χ4n) is 4.81. The Kier molecular flexibility index (Phi) is 10.5. The number of hydrogen-bond donors (Lipinski definition) is 3. The van der Waals surface area contributed by atoms with Gasteiger partial charge in [0.05, 0.1) is 42.2 Å². The molecule has 0 unspecified atom stereocenters. The van der Waals surface area contributed by atoms with Gasteiger partial charge in [0.2, 0.25) is 5.91 Å². The highest BCUT2D eigenvalue weighted by molar-refractivity contribution is 6.07. The fourth-order valence-corrected chi connectivity index (χ4v) is 4.81. The first-order chi connectivity index (χ1) is 22.6. The number of aromatic nitrogens is 3. The number of carbonyl (C=O) groups excluding carboxylic acids is 2. The standard InChI is InChI=1S/C36H40N6O5/c1-24-10-12-26(13-11-24)42-33(20-32(41-42)36(2,3)4)40-35(44)39-29-14-15-31(28-9-7-6-8-27(28)29)47-22-25-16-17-37-21-30(25)38-34(43)23-46-19-18-45-5/h6-17,20-21H,18-19,22-23H2,1-5H3,(H,38,43)(H2,39,40,44). The second-order valence-electron chi connectivity index (χ2n) is 12.1. The van der Waals surface area contributed by atoms with E-state index in [9.17, 15) is 9.59 Å². The Morgan fingerprint density at radius 3 is 2.38 bits per heavy atom. The Labute approximate surface area is 274 Å². The molecule has 5 rings (SSSR count). The lowest BCUT2D eigenvalue weighted by molar-refractivity contribution is -0.121. The second-order valence-corrected chi connectivity index (χ2v) is 12.1. The molecule has 0 aliphatic rings. The van der Waals surface area contributed by atoms with Crippen molar-refractivity contribution >= 4 is 39.9 Å². The maximum Gasteiger partial charge on any atom is 0.324 e. The third-order valence-corrected chi connectivity index (χ3v) is 7.36. The summed E-state index contributed by atoms with van der Waals surface area (Å²) in [5, 5.41) is 15.3. The van der Waals surface area contributed by atoms with Crippen LogP contribution in [0.2, 0.25) is 0 Å². The summed E-state index contributed by atoms with van der Waals surface area (Å²) in [6, 6.07) is 22.6. The molecule has 0 atom stereocenters. The van der Waals surface area contributed by atoms with Crippen LogP contribution in [0.25, 0.3) is 16.5 Å². The number of methoxy groups -OCH3 is 1. The first-order valence-electron chi connectivity index (χ1n) is 15.3. The van der Waals surface area contributed by atoms with Crippen LogP contribution in [-0.2, 0) is 26.3 Å². The monoisotopic (exact) mass is 636 g/mol. The number of hydrogen-bond acceptors (Lipinski definition) is 7. The zero-order chi connectivity index (χ0) is 33.4. The molecular weight excluding hydrogens is 596 g/mol. The largest absolute Gasteiger partial charge is 0.488 e. The summed E-state index contributed by atoms with van der Waals surface area (Å²) in [7, 11) is 1.57. The van der Waals surface area contributed by atoms with Crippen molar-refractivity contribution in [3.63, 3.8) is 0 Å². The molecule has 0 aliphatic heterocycles. The van der Waals surface area contributed by atoms with E-state index in [1.54, 1.807) is 30.3 Å². The van der Waals surface area contributed by atoms with E-state index >= 15 is 0 Å². The number of ether oxygens (including phenoxy) is 3. The fraction of sp³-hybridized carbons (Fsp3) is 0.278. The Bertz CT molecular complexity index is 1850. The van der Waals surface area contributed by atoms with Crippen LogP contribution in [0.15, 0.2) is 85.2 Å². The summed E-state index contributed by atoms with van der Waals surface area (Å²) in [4.78, 5) is 29.9. The predicted molar refractivity (Wildman–Crippen MR) is 183 cm³/mol. The van der Waals surface area contributed by atoms with E-state index in [-0.39, 0.29) is 24.5 Å². The Morgan fingerprint density at radius 1 is 0.872 bits per heavy atom. The SMILES string of the molecule is COCCOCC(=O)Nc1cnccc1COc1ccc(NC(=O)Nc2cc(C(C)(C)C)nn2-c2ccc(C)cc2)c2ccccc12. The molecule has 3 N–H and O–H groups in total. The van der Waals surface area contributed by atoms with E-state index in [0.717, 1.165) is 33.3 Å². The van der Waals surface area contributed by atoms with Gasteiger partial charge in [0, 0.05) is 41.1 Å². The van der Waals surface area contributed by atoms with Crippen molar-refractivity contribution in [2.24, 2.45) is 0 Å². The number of amides is 3. The van der Waals surface area contributed by atoms with Crippen molar-refractivity contribution in [3.05, 3.63) is 102 Å². The molecular formula is C36H40N6O5. The number of carbonyl (C=O) groups is 2. The van der Waals surface area contributed by atoms with Gasteiger partial charge < -0.3 is 24.8 Å². The van der Waals surface area contributed by atoms with Crippen LogP contribution in [-0.4, -0.2) is 53.6 Å². The third-order valence-electron chi connectivity index (χ3n) is 7.36. The summed E-state index contributed by atoms with van der Waals surface area (Å²) in [5.41, 5.74) is 4.52. The minimum atomic E-state index is -0.402. The van der Waals surface area contributed by atoms with Crippen molar-refractivity contribution in [2.45, 2.75) is 39.7 Å². The van der Waals surface area contributed by atoms with Crippen LogP contribution in [0.3, 0.4) is 0 Å². The van der Waals surface area contributed by atoms with E-state index in [2.05, 4.69) is 41.7 Å². The van der Waals surface area contributed by atoms with Crippen molar-refractivity contribution in [1.29, 1.82) is 0 Å². The van der Waals surface area contributed by atoms with E-state index < -0.39 is 6.03 Å².